The summed E-state index contributed by atoms with van der Waals surface area (Å²) in [6, 6.07) is 10.1. The van der Waals surface area contributed by atoms with Crippen molar-refractivity contribution in [3.63, 3.8) is 0 Å². The number of nitrogens with zero attached hydrogens (tertiary/aromatic N) is 3. The number of carbonyl (C=O) groups is 1. The van der Waals surface area contributed by atoms with Gasteiger partial charge in [-0.05, 0) is 87.9 Å². The van der Waals surface area contributed by atoms with Gasteiger partial charge in [-0.2, -0.15) is 5.10 Å². The van der Waals surface area contributed by atoms with Gasteiger partial charge in [-0.1, -0.05) is 13.0 Å². The summed E-state index contributed by atoms with van der Waals surface area (Å²) in [6.45, 7) is 13.5. The van der Waals surface area contributed by atoms with E-state index in [0.717, 1.165) is 17.5 Å². The quantitative estimate of drug-likeness (QED) is 0.622. The molecule has 5 heteroatoms. The lowest BCUT2D eigenvalue weighted by Gasteiger charge is -2.50. The Labute approximate surface area is 167 Å². The van der Waals surface area contributed by atoms with E-state index < -0.39 is 0 Å². The first-order valence-electron chi connectivity index (χ1n) is 9.89. The molecule has 0 spiro atoms. The van der Waals surface area contributed by atoms with Crippen LogP contribution in [-0.4, -0.2) is 28.7 Å². The molecule has 28 heavy (non-hydrogen) atoms. The normalized spacial score (nSPS) is 18.4. The zero-order valence-corrected chi connectivity index (χ0v) is 17.7. The predicted octanol–water partition coefficient (Wildman–Crippen LogP) is 4.65. The Kier molecular flexibility index (Phi) is 5.54. The van der Waals surface area contributed by atoms with Crippen molar-refractivity contribution in [1.29, 1.82) is 0 Å². The molecule has 1 aliphatic rings. The summed E-state index contributed by atoms with van der Waals surface area (Å²) in [5, 5.41) is 4.16. The fourth-order valence-electron chi connectivity index (χ4n) is 4.45. The zero-order valence-electron chi connectivity index (χ0n) is 17.7. The van der Waals surface area contributed by atoms with E-state index in [2.05, 4.69) is 74.1 Å². The Balaban J connectivity index is 1.87. The van der Waals surface area contributed by atoms with Gasteiger partial charge in [0.05, 0.1) is 6.21 Å². The number of amides is 1. The van der Waals surface area contributed by atoms with Crippen LogP contribution in [0, 0.1) is 6.92 Å². The van der Waals surface area contributed by atoms with Gasteiger partial charge in [0, 0.05) is 23.5 Å². The molecule has 0 saturated heterocycles. The van der Waals surface area contributed by atoms with E-state index in [-0.39, 0.29) is 11.4 Å². The molecule has 0 aliphatic carbocycles. The number of fused-ring (bicyclic) bond motifs is 1. The van der Waals surface area contributed by atoms with Gasteiger partial charge in [-0.3, -0.25) is 9.78 Å². The minimum absolute atomic E-state index is 0.124. The SMILES string of the molecule is Cc1cc2c(cc1/C=N/NC(=O)c1ccccn1)C(C)CC(C)(C)N2C(C)C. The van der Waals surface area contributed by atoms with E-state index in [1.54, 1.807) is 30.6 Å². The second-order valence-corrected chi connectivity index (χ2v) is 8.56. The second-order valence-electron chi connectivity index (χ2n) is 8.56. The Hall–Kier alpha value is -2.69. The Bertz CT molecular complexity index is 887. The largest absolute Gasteiger partial charge is 0.364 e. The Morgan fingerprint density at radius 1 is 1.36 bits per heavy atom. The van der Waals surface area contributed by atoms with E-state index in [4.69, 9.17) is 0 Å². The fourth-order valence-corrected chi connectivity index (χ4v) is 4.45. The molecule has 0 bridgehead atoms. The summed E-state index contributed by atoms with van der Waals surface area (Å²) >= 11 is 0. The summed E-state index contributed by atoms with van der Waals surface area (Å²) in [7, 11) is 0. The van der Waals surface area contributed by atoms with E-state index in [0.29, 0.717) is 17.7 Å². The highest BCUT2D eigenvalue weighted by atomic mass is 16.2. The number of pyridine rings is 1. The fraction of sp³-hybridized carbons (Fsp3) is 0.435. The zero-order chi connectivity index (χ0) is 20.5. The predicted molar refractivity (Wildman–Crippen MR) is 115 cm³/mol. The number of aryl methyl sites for hydroxylation is 1. The molecule has 1 N–H and O–H groups in total. The number of rotatable bonds is 4. The van der Waals surface area contributed by atoms with E-state index in [1.165, 1.54) is 11.3 Å². The molecular weight excluding hydrogens is 348 g/mol. The van der Waals surface area contributed by atoms with Crippen molar-refractivity contribution in [3.05, 3.63) is 58.9 Å². The number of hydrogen-bond acceptors (Lipinski definition) is 4. The van der Waals surface area contributed by atoms with Gasteiger partial charge in [0.2, 0.25) is 0 Å². The Morgan fingerprint density at radius 3 is 2.75 bits per heavy atom. The number of aromatic nitrogens is 1. The summed E-state index contributed by atoms with van der Waals surface area (Å²) in [5.41, 5.74) is 7.86. The second kappa shape index (κ2) is 7.74. The smallest absolute Gasteiger partial charge is 0.289 e. The van der Waals surface area contributed by atoms with Crippen LogP contribution in [0.3, 0.4) is 0 Å². The van der Waals surface area contributed by atoms with Crippen LogP contribution < -0.4 is 10.3 Å². The maximum atomic E-state index is 12.1. The average Bonchev–Trinajstić information content (AvgIpc) is 2.62. The van der Waals surface area contributed by atoms with Crippen molar-refractivity contribution in [2.75, 3.05) is 4.90 Å². The lowest BCUT2D eigenvalue weighted by Crippen LogP contribution is -2.51. The van der Waals surface area contributed by atoms with E-state index >= 15 is 0 Å². The molecule has 1 aromatic carbocycles. The third kappa shape index (κ3) is 3.93. The first-order valence-corrected chi connectivity index (χ1v) is 9.89. The summed E-state index contributed by atoms with van der Waals surface area (Å²) < 4.78 is 0. The molecule has 0 radical (unpaired) electrons. The van der Waals surface area contributed by atoms with Crippen molar-refractivity contribution in [3.8, 4) is 0 Å². The molecule has 5 nitrogen and oxygen atoms in total. The molecule has 1 unspecified atom stereocenters. The molecule has 0 saturated carbocycles. The number of nitrogens with one attached hydrogen (secondary N) is 1. The molecule has 2 heterocycles. The highest BCUT2D eigenvalue weighted by Gasteiger charge is 2.37. The molecule has 0 fully saturated rings. The third-order valence-electron chi connectivity index (χ3n) is 5.45. The number of carbonyl (C=O) groups excluding carboxylic acids is 1. The monoisotopic (exact) mass is 378 g/mol. The number of hydrazone groups is 1. The first-order chi connectivity index (χ1) is 13.2. The number of hydrogen-bond donors (Lipinski definition) is 1. The summed E-state index contributed by atoms with van der Waals surface area (Å²) in [4.78, 5) is 18.7. The molecule has 1 aromatic heterocycles. The van der Waals surface area contributed by atoms with Crippen LogP contribution in [0.1, 0.15) is 74.1 Å². The van der Waals surface area contributed by atoms with Gasteiger partial charge in [0.25, 0.3) is 5.91 Å². The van der Waals surface area contributed by atoms with Gasteiger partial charge in [-0.15, -0.1) is 0 Å². The van der Waals surface area contributed by atoms with Crippen LogP contribution in [0.4, 0.5) is 5.69 Å². The van der Waals surface area contributed by atoms with Crippen molar-refractivity contribution in [2.24, 2.45) is 5.10 Å². The highest BCUT2D eigenvalue weighted by Crippen LogP contribution is 2.45. The molecule has 1 aliphatic heterocycles. The van der Waals surface area contributed by atoms with Crippen LogP contribution in [0.2, 0.25) is 0 Å². The first kappa shape index (κ1) is 20.1. The van der Waals surface area contributed by atoms with Crippen molar-refractivity contribution < 1.29 is 4.79 Å². The van der Waals surface area contributed by atoms with Crippen LogP contribution in [0.25, 0.3) is 0 Å². The maximum Gasteiger partial charge on any atom is 0.289 e. The van der Waals surface area contributed by atoms with Crippen LogP contribution in [0.5, 0.6) is 0 Å². The summed E-state index contributed by atoms with van der Waals surface area (Å²) in [5.74, 6) is 0.157. The number of anilines is 1. The lowest BCUT2D eigenvalue weighted by atomic mass is 9.78. The van der Waals surface area contributed by atoms with Crippen molar-refractivity contribution in [1.82, 2.24) is 10.4 Å². The molecule has 3 rings (SSSR count). The van der Waals surface area contributed by atoms with E-state index in [9.17, 15) is 4.79 Å². The van der Waals surface area contributed by atoms with Gasteiger partial charge in [0.15, 0.2) is 0 Å². The molecule has 148 valence electrons. The molecule has 1 amide bonds. The molecule has 2 aromatic rings. The third-order valence-corrected chi connectivity index (χ3v) is 5.45. The van der Waals surface area contributed by atoms with Gasteiger partial charge < -0.3 is 4.90 Å². The maximum absolute atomic E-state index is 12.1. The average molecular weight is 379 g/mol. The minimum atomic E-state index is -0.312. The van der Waals surface area contributed by atoms with E-state index in [1.807, 2.05) is 0 Å². The summed E-state index contributed by atoms with van der Waals surface area (Å²) in [6.07, 6.45) is 4.42. The molecule has 1 atom stereocenters. The van der Waals surface area contributed by atoms with Crippen LogP contribution in [0.15, 0.2) is 41.6 Å². The molecular formula is C23H30N4O. The minimum Gasteiger partial charge on any atom is -0.364 e. The van der Waals surface area contributed by atoms with Crippen LogP contribution in [-0.2, 0) is 0 Å². The number of benzene rings is 1. The van der Waals surface area contributed by atoms with Crippen LogP contribution >= 0.6 is 0 Å². The van der Waals surface area contributed by atoms with Crippen molar-refractivity contribution in [2.45, 2.75) is 65.5 Å². The van der Waals surface area contributed by atoms with Crippen molar-refractivity contribution >= 4 is 17.8 Å². The standard InChI is InChI=1S/C23H30N4O/c1-15(2)27-21-11-16(3)18(12-19(21)17(4)13-23(27,5)6)14-25-26-22(28)20-9-7-8-10-24-20/h7-12,14-15,17H,13H2,1-6H3,(H,26,28)/b25-14+. The van der Waals surface area contributed by atoms with Gasteiger partial charge in [0.1, 0.15) is 5.69 Å². The highest BCUT2D eigenvalue weighted by molar-refractivity contribution is 5.93. The topological polar surface area (TPSA) is 57.6 Å². The Morgan fingerprint density at radius 2 is 2.11 bits per heavy atom. The van der Waals surface area contributed by atoms with Gasteiger partial charge in [-0.25, -0.2) is 5.43 Å². The lowest BCUT2D eigenvalue weighted by molar-refractivity contribution is 0.0950. The van der Waals surface area contributed by atoms with Gasteiger partial charge >= 0.3 is 0 Å².